The van der Waals surface area contributed by atoms with Crippen molar-refractivity contribution < 1.29 is 9.59 Å². The van der Waals surface area contributed by atoms with Crippen LogP contribution in [0.5, 0.6) is 0 Å². The lowest BCUT2D eigenvalue weighted by atomic mass is 9.78. The molecule has 3 aliphatic rings. The van der Waals surface area contributed by atoms with Gasteiger partial charge < -0.3 is 16.0 Å². The number of hydrogen-bond donors (Lipinski definition) is 2. The highest BCUT2D eigenvalue weighted by molar-refractivity contribution is 6.30. The lowest BCUT2D eigenvalue weighted by molar-refractivity contribution is -0.144. The Morgan fingerprint density at radius 1 is 0.889 bits per heavy atom. The Kier molecular flexibility index (Phi) is 11.6. The van der Waals surface area contributed by atoms with Crippen LogP contribution in [0.1, 0.15) is 54.1 Å². The number of carbonyl (C=O) groups excluding carboxylic acids is 2. The van der Waals surface area contributed by atoms with Crippen LogP contribution in [0.15, 0.2) is 72.8 Å². The van der Waals surface area contributed by atoms with Gasteiger partial charge in [-0.25, -0.2) is 0 Å². The number of halogens is 3. The highest BCUT2D eigenvalue weighted by Crippen LogP contribution is 2.41. The fraction of sp³-hybridized carbons (Fsp3) is 0.444. The van der Waals surface area contributed by atoms with Gasteiger partial charge in [0.25, 0.3) is 0 Å². The van der Waals surface area contributed by atoms with Crippen LogP contribution in [0.25, 0.3) is 0 Å². The van der Waals surface area contributed by atoms with Gasteiger partial charge in [-0.1, -0.05) is 86.1 Å². The van der Waals surface area contributed by atoms with Gasteiger partial charge in [0, 0.05) is 49.3 Å². The summed E-state index contributed by atoms with van der Waals surface area (Å²) in [5.74, 6) is -1.12. The van der Waals surface area contributed by atoms with Crippen LogP contribution in [-0.2, 0) is 35.4 Å². The minimum Gasteiger partial charge on any atom is -0.369 e. The summed E-state index contributed by atoms with van der Waals surface area (Å²) < 4.78 is 0. The van der Waals surface area contributed by atoms with E-state index in [0.717, 1.165) is 49.0 Å². The Labute approximate surface area is 284 Å². The van der Waals surface area contributed by atoms with Gasteiger partial charge >= 0.3 is 0 Å². The van der Waals surface area contributed by atoms with E-state index < -0.39 is 17.7 Å². The predicted molar refractivity (Wildman–Crippen MR) is 186 cm³/mol. The van der Waals surface area contributed by atoms with E-state index in [9.17, 15) is 9.59 Å². The molecule has 3 aromatic rings. The second-order valence-electron chi connectivity index (χ2n) is 13.2. The van der Waals surface area contributed by atoms with Crippen LogP contribution >= 0.6 is 36.4 Å². The number of carbonyl (C=O) groups is 2. The molecule has 0 radical (unpaired) electrons. The van der Waals surface area contributed by atoms with Crippen molar-refractivity contribution in [2.24, 2.45) is 23.5 Å². The summed E-state index contributed by atoms with van der Waals surface area (Å²) >= 11 is 6.18. The second-order valence-corrected chi connectivity index (χ2v) is 13.6. The van der Waals surface area contributed by atoms with Crippen molar-refractivity contribution in [3.05, 3.63) is 106 Å². The van der Waals surface area contributed by atoms with Gasteiger partial charge in [-0.15, -0.1) is 24.8 Å². The summed E-state index contributed by atoms with van der Waals surface area (Å²) in [6, 6.07) is 24.2. The third-order valence-corrected chi connectivity index (χ3v) is 10.2. The Hall–Kier alpha value is -2.61. The van der Waals surface area contributed by atoms with E-state index in [0.29, 0.717) is 37.0 Å². The van der Waals surface area contributed by atoms with Crippen molar-refractivity contribution in [2.75, 3.05) is 26.2 Å². The summed E-state index contributed by atoms with van der Waals surface area (Å²) in [6.07, 6.45) is 3.68. The zero-order chi connectivity index (χ0) is 30.1. The van der Waals surface area contributed by atoms with Gasteiger partial charge in [-0.2, -0.15) is 0 Å². The molecule has 3 N–H and O–H groups in total. The molecule has 9 heteroatoms. The van der Waals surface area contributed by atoms with Gasteiger partial charge in [0.15, 0.2) is 0 Å². The molecule has 3 aromatic carbocycles. The first kappa shape index (κ1) is 35.2. The lowest BCUT2D eigenvalue weighted by Gasteiger charge is -2.47. The van der Waals surface area contributed by atoms with Crippen LogP contribution < -0.4 is 11.1 Å². The molecule has 6 nitrogen and oxygen atoms in total. The Morgan fingerprint density at radius 3 is 2.04 bits per heavy atom. The van der Waals surface area contributed by atoms with E-state index in [-0.39, 0.29) is 42.3 Å². The second kappa shape index (κ2) is 14.9. The summed E-state index contributed by atoms with van der Waals surface area (Å²) in [7, 11) is 0. The number of benzene rings is 3. The van der Waals surface area contributed by atoms with Crippen molar-refractivity contribution in [3.63, 3.8) is 0 Å². The number of piperazine rings is 1. The summed E-state index contributed by atoms with van der Waals surface area (Å²) in [5, 5.41) is 4.16. The van der Waals surface area contributed by atoms with Gasteiger partial charge in [0.05, 0.1) is 11.8 Å². The standard InChI is InChI=1S/C36H43ClN4O2.2ClH/c1-24(2)20-36(21-26-7-3-4-8-27(26)22-36)41-17-15-40(16-18-41)35(43)31(19-25-11-13-29(37)14-12-25)32(34(38)42)33-30-10-6-5-9-28(30)23-39-33;;/h3-14,24,31-33,39H,15-23H2,1-2H3,(H2,38,42);2*1H. The molecule has 45 heavy (non-hydrogen) atoms. The number of amides is 2. The van der Waals surface area contributed by atoms with E-state index in [1.807, 2.05) is 47.4 Å². The minimum absolute atomic E-state index is 0. The summed E-state index contributed by atoms with van der Waals surface area (Å²) in [5.41, 5.74) is 12.3. The molecule has 1 fully saturated rings. The van der Waals surface area contributed by atoms with Gasteiger partial charge in [-0.05, 0) is 71.6 Å². The topological polar surface area (TPSA) is 78.7 Å². The van der Waals surface area contributed by atoms with E-state index in [2.05, 4.69) is 54.4 Å². The first-order valence-electron chi connectivity index (χ1n) is 15.7. The molecule has 6 rings (SSSR count). The third kappa shape index (κ3) is 7.36. The average Bonchev–Trinajstić information content (AvgIpc) is 3.59. The van der Waals surface area contributed by atoms with Gasteiger partial charge in [0.1, 0.15) is 0 Å². The van der Waals surface area contributed by atoms with Crippen molar-refractivity contribution in [2.45, 2.75) is 57.7 Å². The van der Waals surface area contributed by atoms with Crippen LogP contribution in [0.2, 0.25) is 5.02 Å². The molecule has 2 heterocycles. The number of nitrogens with two attached hydrogens (primary N) is 1. The van der Waals surface area contributed by atoms with Crippen LogP contribution in [0.4, 0.5) is 0 Å². The molecule has 0 bridgehead atoms. The molecular weight excluding hydrogens is 627 g/mol. The number of hydrogen-bond acceptors (Lipinski definition) is 4. The SMILES string of the molecule is CC(C)CC1(N2CCN(C(=O)C(Cc3ccc(Cl)cc3)C(C(N)=O)C3NCc4ccccc43)CC2)Cc2ccccc2C1.Cl.Cl. The average molecular weight is 672 g/mol. The maximum Gasteiger partial charge on any atom is 0.226 e. The first-order chi connectivity index (χ1) is 20.7. The van der Waals surface area contributed by atoms with E-state index in [1.165, 1.54) is 11.1 Å². The highest BCUT2D eigenvalue weighted by Gasteiger charge is 2.46. The van der Waals surface area contributed by atoms with Crippen molar-refractivity contribution in [1.82, 2.24) is 15.1 Å². The molecule has 0 spiro atoms. The minimum atomic E-state index is -0.679. The van der Waals surface area contributed by atoms with Crippen LogP contribution in [0, 0.1) is 17.8 Å². The third-order valence-electron chi connectivity index (χ3n) is 9.92. The number of rotatable bonds is 9. The maximum absolute atomic E-state index is 14.5. The molecule has 3 atom stereocenters. The molecule has 1 aliphatic carbocycles. The highest BCUT2D eigenvalue weighted by atomic mass is 35.5. The first-order valence-corrected chi connectivity index (χ1v) is 16.1. The zero-order valence-electron chi connectivity index (χ0n) is 26.1. The fourth-order valence-corrected chi connectivity index (χ4v) is 8.18. The van der Waals surface area contributed by atoms with Crippen LogP contribution in [-0.4, -0.2) is 53.3 Å². The summed E-state index contributed by atoms with van der Waals surface area (Å²) in [6.45, 7) is 8.22. The molecule has 1 saturated heterocycles. The quantitative estimate of drug-likeness (QED) is 0.292. The van der Waals surface area contributed by atoms with E-state index >= 15 is 0 Å². The smallest absolute Gasteiger partial charge is 0.226 e. The van der Waals surface area contributed by atoms with Gasteiger partial charge in [0.2, 0.25) is 11.8 Å². The van der Waals surface area contributed by atoms with Crippen molar-refractivity contribution in [1.29, 1.82) is 0 Å². The fourth-order valence-electron chi connectivity index (χ4n) is 8.05. The maximum atomic E-state index is 14.5. The van der Waals surface area contributed by atoms with Crippen molar-refractivity contribution >= 4 is 48.2 Å². The van der Waals surface area contributed by atoms with Gasteiger partial charge in [-0.3, -0.25) is 14.5 Å². The Morgan fingerprint density at radius 2 is 1.47 bits per heavy atom. The van der Waals surface area contributed by atoms with Crippen LogP contribution in [0.3, 0.4) is 0 Å². The van der Waals surface area contributed by atoms with E-state index in [1.54, 1.807) is 0 Å². The molecule has 2 amide bonds. The largest absolute Gasteiger partial charge is 0.369 e. The normalized spacial score (nSPS) is 20.0. The number of nitrogens with one attached hydrogen (secondary N) is 1. The molecular formula is C36H45Cl3N4O2. The predicted octanol–water partition coefficient (Wildman–Crippen LogP) is 6.02. The number of nitrogens with zero attached hydrogens (tertiary/aromatic N) is 2. The molecule has 2 aliphatic heterocycles. The number of primary amides is 1. The Balaban J connectivity index is 0.00000230. The molecule has 0 aromatic heterocycles. The number of fused-ring (bicyclic) bond motifs is 2. The molecule has 242 valence electrons. The monoisotopic (exact) mass is 670 g/mol. The lowest BCUT2D eigenvalue weighted by Crippen LogP contribution is -2.60. The Bertz CT molecular complexity index is 1450. The van der Waals surface area contributed by atoms with E-state index in [4.69, 9.17) is 17.3 Å². The van der Waals surface area contributed by atoms with Crippen molar-refractivity contribution in [3.8, 4) is 0 Å². The molecule has 3 unspecified atom stereocenters. The summed E-state index contributed by atoms with van der Waals surface area (Å²) in [4.78, 5) is 32.4. The zero-order valence-corrected chi connectivity index (χ0v) is 28.5. The molecule has 0 saturated carbocycles.